The minimum Gasteiger partial charge on any atom is -0.409 e. The maximum atomic E-state index is 12.5. The summed E-state index contributed by atoms with van der Waals surface area (Å²) in [6.07, 6.45) is 0.913. The van der Waals surface area contributed by atoms with Gasteiger partial charge in [-0.3, -0.25) is 4.79 Å². The molecular formula is C14H20BrN3O2. The number of hydrogen-bond donors (Lipinski definition) is 3. The fourth-order valence-electron chi connectivity index (χ4n) is 2.20. The van der Waals surface area contributed by atoms with Gasteiger partial charge < -0.3 is 16.3 Å². The van der Waals surface area contributed by atoms with E-state index in [1.165, 1.54) is 0 Å². The van der Waals surface area contributed by atoms with Crippen molar-refractivity contribution in [1.29, 1.82) is 0 Å². The molecule has 1 rings (SSSR count). The van der Waals surface area contributed by atoms with E-state index >= 15 is 0 Å². The van der Waals surface area contributed by atoms with E-state index in [2.05, 4.69) is 26.4 Å². The number of amidine groups is 1. The number of carbonyl (C=O) groups is 1. The van der Waals surface area contributed by atoms with Crippen LogP contribution < -0.4 is 11.1 Å². The molecule has 0 saturated heterocycles. The van der Waals surface area contributed by atoms with Gasteiger partial charge in [0.2, 0.25) is 5.91 Å². The summed E-state index contributed by atoms with van der Waals surface area (Å²) in [7, 11) is 0. The van der Waals surface area contributed by atoms with Gasteiger partial charge in [-0.15, -0.1) is 0 Å². The van der Waals surface area contributed by atoms with Crippen molar-refractivity contribution in [2.45, 2.75) is 33.6 Å². The summed E-state index contributed by atoms with van der Waals surface area (Å²) in [5, 5.41) is 14.8. The topological polar surface area (TPSA) is 87.7 Å². The van der Waals surface area contributed by atoms with Gasteiger partial charge in [0.1, 0.15) is 5.41 Å². The van der Waals surface area contributed by atoms with Crippen molar-refractivity contribution in [3.8, 4) is 0 Å². The van der Waals surface area contributed by atoms with E-state index in [1.807, 2.05) is 39.0 Å². The zero-order valence-corrected chi connectivity index (χ0v) is 13.5. The van der Waals surface area contributed by atoms with Gasteiger partial charge in [0.15, 0.2) is 5.84 Å². The van der Waals surface area contributed by atoms with Crippen LogP contribution in [0.25, 0.3) is 0 Å². The number of benzene rings is 1. The second-order valence-electron chi connectivity index (χ2n) is 4.75. The first-order chi connectivity index (χ1) is 9.39. The van der Waals surface area contributed by atoms with Gasteiger partial charge in [-0.2, -0.15) is 0 Å². The second kappa shape index (κ2) is 6.74. The molecule has 0 fully saturated rings. The van der Waals surface area contributed by atoms with Crippen molar-refractivity contribution in [2.24, 2.45) is 16.3 Å². The van der Waals surface area contributed by atoms with Crippen molar-refractivity contribution in [2.75, 3.05) is 5.32 Å². The van der Waals surface area contributed by atoms with Gasteiger partial charge in [0.05, 0.1) is 0 Å². The Hall–Kier alpha value is -1.56. The SMILES string of the molecule is CCC(CC)(C(=O)Nc1cc(C)cc(Br)c1)/C(N)=N/O. The van der Waals surface area contributed by atoms with Crippen LogP contribution in [0.3, 0.4) is 0 Å². The summed E-state index contributed by atoms with van der Waals surface area (Å²) >= 11 is 3.39. The molecule has 0 radical (unpaired) electrons. The molecule has 0 aliphatic rings. The third kappa shape index (κ3) is 3.30. The molecule has 0 unspecified atom stereocenters. The number of anilines is 1. The molecule has 0 aromatic heterocycles. The molecule has 0 saturated carbocycles. The number of aryl methyl sites for hydroxylation is 1. The van der Waals surface area contributed by atoms with Crippen molar-refractivity contribution in [1.82, 2.24) is 0 Å². The Morgan fingerprint density at radius 1 is 1.40 bits per heavy atom. The van der Waals surface area contributed by atoms with Gasteiger partial charge in [0.25, 0.3) is 0 Å². The molecule has 4 N–H and O–H groups in total. The largest absolute Gasteiger partial charge is 0.409 e. The summed E-state index contributed by atoms with van der Waals surface area (Å²) in [6, 6.07) is 5.63. The lowest BCUT2D eigenvalue weighted by Crippen LogP contribution is -2.46. The fraction of sp³-hybridized carbons (Fsp3) is 0.429. The fourth-order valence-corrected chi connectivity index (χ4v) is 2.81. The van der Waals surface area contributed by atoms with Crippen LogP contribution in [0.5, 0.6) is 0 Å². The number of amides is 1. The highest BCUT2D eigenvalue weighted by Gasteiger charge is 2.39. The van der Waals surface area contributed by atoms with E-state index in [1.54, 1.807) is 0 Å². The van der Waals surface area contributed by atoms with Gasteiger partial charge in [-0.05, 0) is 43.5 Å². The van der Waals surface area contributed by atoms with Crippen LogP contribution >= 0.6 is 15.9 Å². The predicted octanol–water partition coefficient (Wildman–Crippen LogP) is 3.25. The molecule has 5 nitrogen and oxygen atoms in total. The Labute approximate surface area is 127 Å². The van der Waals surface area contributed by atoms with Crippen LogP contribution in [0.2, 0.25) is 0 Å². The molecule has 1 aromatic carbocycles. The van der Waals surface area contributed by atoms with Crippen LogP contribution in [-0.2, 0) is 4.79 Å². The molecule has 1 aromatic rings. The predicted molar refractivity (Wildman–Crippen MR) is 83.9 cm³/mol. The lowest BCUT2D eigenvalue weighted by molar-refractivity contribution is -0.122. The lowest BCUT2D eigenvalue weighted by Gasteiger charge is -2.28. The summed E-state index contributed by atoms with van der Waals surface area (Å²) < 4.78 is 0.884. The minimum absolute atomic E-state index is 0.0632. The number of hydrogen-bond acceptors (Lipinski definition) is 3. The number of nitrogens with two attached hydrogens (primary N) is 1. The summed E-state index contributed by atoms with van der Waals surface area (Å²) in [5.41, 5.74) is 6.43. The lowest BCUT2D eigenvalue weighted by atomic mass is 9.80. The quantitative estimate of drug-likeness (QED) is 0.332. The summed E-state index contributed by atoms with van der Waals surface area (Å²) in [6.45, 7) is 5.62. The van der Waals surface area contributed by atoms with E-state index < -0.39 is 5.41 Å². The van der Waals surface area contributed by atoms with Gasteiger partial charge in [-0.25, -0.2) is 0 Å². The molecule has 110 valence electrons. The molecule has 0 aliphatic heterocycles. The molecule has 0 atom stereocenters. The summed E-state index contributed by atoms with van der Waals surface area (Å²) in [5.74, 6) is -0.331. The maximum Gasteiger partial charge on any atom is 0.238 e. The average Bonchev–Trinajstić information content (AvgIpc) is 2.39. The van der Waals surface area contributed by atoms with Crippen molar-refractivity contribution in [3.63, 3.8) is 0 Å². The van der Waals surface area contributed by atoms with Crippen LogP contribution in [0.1, 0.15) is 32.3 Å². The molecule has 20 heavy (non-hydrogen) atoms. The number of carbonyl (C=O) groups excluding carboxylic acids is 1. The normalized spacial score (nSPS) is 12.3. The third-order valence-electron chi connectivity index (χ3n) is 3.54. The number of nitrogens with zero attached hydrogens (tertiary/aromatic N) is 1. The number of oxime groups is 1. The van der Waals surface area contributed by atoms with Crippen LogP contribution in [0.4, 0.5) is 5.69 Å². The van der Waals surface area contributed by atoms with Gasteiger partial charge >= 0.3 is 0 Å². The zero-order valence-electron chi connectivity index (χ0n) is 11.9. The molecule has 0 aliphatic carbocycles. The molecular weight excluding hydrogens is 322 g/mol. The smallest absolute Gasteiger partial charge is 0.238 e. The van der Waals surface area contributed by atoms with Gasteiger partial charge in [0, 0.05) is 10.2 Å². The van der Waals surface area contributed by atoms with E-state index in [-0.39, 0.29) is 11.7 Å². The Morgan fingerprint density at radius 3 is 2.45 bits per heavy atom. The first kappa shape index (κ1) is 16.5. The van der Waals surface area contributed by atoms with Crippen LogP contribution in [0.15, 0.2) is 27.8 Å². The summed E-state index contributed by atoms with van der Waals surface area (Å²) in [4.78, 5) is 12.5. The Kier molecular flexibility index (Phi) is 5.56. The third-order valence-corrected chi connectivity index (χ3v) is 4.00. The van der Waals surface area contributed by atoms with Crippen LogP contribution in [-0.4, -0.2) is 17.0 Å². The Bertz CT molecular complexity index is 505. The van der Waals surface area contributed by atoms with E-state index in [4.69, 9.17) is 10.9 Å². The number of rotatable bonds is 5. The molecule has 0 bridgehead atoms. The minimum atomic E-state index is -0.995. The number of nitrogens with one attached hydrogen (secondary N) is 1. The Morgan fingerprint density at radius 2 is 2.00 bits per heavy atom. The first-order valence-corrected chi connectivity index (χ1v) is 7.25. The second-order valence-corrected chi connectivity index (χ2v) is 5.66. The standard InChI is InChI=1S/C14H20BrN3O2/c1-4-14(5-2,12(16)18-20)13(19)17-11-7-9(3)6-10(15)8-11/h6-8,20H,4-5H2,1-3H3,(H2,16,18)(H,17,19). The van der Waals surface area contributed by atoms with E-state index in [0.29, 0.717) is 18.5 Å². The van der Waals surface area contributed by atoms with Crippen molar-refractivity contribution < 1.29 is 10.0 Å². The first-order valence-electron chi connectivity index (χ1n) is 6.46. The molecule has 0 heterocycles. The highest BCUT2D eigenvalue weighted by atomic mass is 79.9. The van der Waals surface area contributed by atoms with Gasteiger partial charge in [-0.1, -0.05) is 34.9 Å². The highest BCUT2D eigenvalue weighted by molar-refractivity contribution is 9.10. The molecule has 1 amide bonds. The molecule has 6 heteroatoms. The number of halogens is 1. The van der Waals surface area contributed by atoms with E-state index in [0.717, 1.165) is 10.0 Å². The maximum absolute atomic E-state index is 12.5. The monoisotopic (exact) mass is 341 g/mol. The highest BCUT2D eigenvalue weighted by Crippen LogP contribution is 2.29. The Balaban J connectivity index is 3.09. The van der Waals surface area contributed by atoms with E-state index in [9.17, 15) is 4.79 Å². The molecule has 0 spiro atoms. The zero-order chi connectivity index (χ0) is 15.3. The van der Waals surface area contributed by atoms with Crippen LogP contribution in [0, 0.1) is 12.3 Å². The van der Waals surface area contributed by atoms with Crippen molar-refractivity contribution in [3.05, 3.63) is 28.2 Å². The van der Waals surface area contributed by atoms with Crippen molar-refractivity contribution >= 4 is 33.4 Å². The average molecular weight is 342 g/mol.